The molecule has 7 heteroatoms. The summed E-state index contributed by atoms with van der Waals surface area (Å²) in [5.74, 6) is 0.342. The number of anilines is 1. The van der Waals surface area contributed by atoms with Gasteiger partial charge in [0.25, 0.3) is 0 Å². The molecule has 26 heavy (non-hydrogen) atoms. The third-order valence-electron chi connectivity index (χ3n) is 5.29. The van der Waals surface area contributed by atoms with Crippen LogP contribution in [0.5, 0.6) is 0 Å². The van der Waals surface area contributed by atoms with Crippen LogP contribution in [0, 0.1) is 5.92 Å². The second-order valence-electron chi connectivity index (χ2n) is 6.98. The lowest BCUT2D eigenvalue weighted by molar-refractivity contribution is -0.136. The van der Waals surface area contributed by atoms with Gasteiger partial charge in [0.1, 0.15) is 6.26 Å². The molecule has 0 spiro atoms. The summed E-state index contributed by atoms with van der Waals surface area (Å²) in [5, 5.41) is 4.71. The molecule has 3 heterocycles. The van der Waals surface area contributed by atoms with Crippen LogP contribution in [-0.4, -0.2) is 60.1 Å². The number of hydrogen-bond acceptors (Lipinski definition) is 5. The largest absolute Gasteiger partial charge is 0.370 e. The molecule has 0 N–H and O–H groups in total. The molecule has 1 aromatic heterocycles. The highest BCUT2D eigenvalue weighted by molar-refractivity contribution is 6.33. The van der Waals surface area contributed by atoms with Crippen molar-refractivity contribution in [1.29, 1.82) is 0 Å². The first-order valence-corrected chi connectivity index (χ1v) is 9.48. The molecule has 1 atom stereocenters. The topological polar surface area (TPSA) is 52.8 Å². The molecule has 4 rings (SSSR count). The van der Waals surface area contributed by atoms with Gasteiger partial charge in [0.05, 0.1) is 22.3 Å². The smallest absolute Gasteiger partial charge is 0.227 e. The summed E-state index contributed by atoms with van der Waals surface area (Å²) in [4.78, 5) is 19.5. The number of carbonyl (C=O) groups is 1. The van der Waals surface area contributed by atoms with Gasteiger partial charge < -0.3 is 14.3 Å². The second-order valence-corrected chi connectivity index (χ2v) is 7.38. The highest BCUT2D eigenvalue weighted by Crippen LogP contribution is 2.30. The summed E-state index contributed by atoms with van der Waals surface area (Å²) in [6, 6.07) is 9.74. The number of halogens is 1. The first kappa shape index (κ1) is 17.4. The number of rotatable bonds is 4. The molecule has 2 fully saturated rings. The third-order valence-corrected chi connectivity index (χ3v) is 5.61. The maximum absolute atomic E-state index is 12.9. The molecular formula is C19H23ClN4O2. The summed E-state index contributed by atoms with van der Waals surface area (Å²) in [7, 11) is 0. The fraction of sp³-hybridized carbons (Fsp3) is 0.474. The third kappa shape index (κ3) is 3.71. The van der Waals surface area contributed by atoms with Crippen LogP contribution in [0.2, 0.25) is 5.02 Å². The Morgan fingerprint density at radius 3 is 2.69 bits per heavy atom. The number of aromatic nitrogens is 1. The Morgan fingerprint density at radius 2 is 1.96 bits per heavy atom. The maximum atomic E-state index is 12.9. The number of amides is 1. The van der Waals surface area contributed by atoms with Crippen LogP contribution in [0.25, 0.3) is 0 Å². The van der Waals surface area contributed by atoms with E-state index in [1.54, 1.807) is 6.26 Å². The van der Waals surface area contributed by atoms with Gasteiger partial charge in [-0.15, -0.1) is 0 Å². The highest BCUT2D eigenvalue weighted by atomic mass is 35.5. The van der Waals surface area contributed by atoms with E-state index in [2.05, 4.69) is 15.0 Å². The van der Waals surface area contributed by atoms with Crippen molar-refractivity contribution in [3.8, 4) is 0 Å². The zero-order valence-electron chi connectivity index (χ0n) is 14.7. The zero-order valence-corrected chi connectivity index (χ0v) is 15.4. The van der Waals surface area contributed by atoms with E-state index in [1.807, 2.05) is 35.2 Å². The number of piperazine rings is 1. The molecule has 1 unspecified atom stereocenters. The van der Waals surface area contributed by atoms with Crippen LogP contribution in [0.4, 0.5) is 5.69 Å². The molecule has 1 aromatic carbocycles. The first-order valence-electron chi connectivity index (χ1n) is 9.10. The predicted molar refractivity (Wildman–Crippen MR) is 100 cm³/mol. The number of benzene rings is 1. The van der Waals surface area contributed by atoms with Gasteiger partial charge >= 0.3 is 0 Å². The van der Waals surface area contributed by atoms with Crippen molar-refractivity contribution >= 4 is 23.2 Å². The lowest BCUT2D eigenvalue weighted by Crippen LogP contribution is -2.50. The summed E-state index contributed by atoms with van der Waals surface area (Å²) < 4.78 is 4.88. The molecule has 1 amide bonds. The Bertz CT molecular complexity index is 744. The SMILES string of the molecule is O=C(C1CCN(c2ccccc2Cl)C1)N1CCN(Cc2ccon2)CC1. The fourth-order valence-corrected chi connectivity index (χ4v) is 4.08. The summed E-state index contributed by atoms with van der Waals surface area (Å²) in [6.45, 7) is 5.72. The van der Waals surface area contributed by atoms with Crippen molar-refractivity contribution in [3.05, 3.63) is 47.3 Å². The van der Waals surface area contributed by atoms with Crippen LogP contribution < -0.4 is 4.90 Å². The van der Waals surface area contributed by atoms with E-state index in [9.17, 15) is 4.79 Å². The number of para-hydroxylation sites is 1. The van der Waals surface area contributed by atoms with Crippen LogP contribution in [0.3, 0.4) is 0 Å². The minimum Gasteiger partial charge on any atom is -0.370 e. The Balaban J connectivity index is 1.30. The Hall–Kier alpha value is -2.05. The van der Waals surface area contributed by atoms with Crippen LogP contribution >= 0.6 is 11.6 Å². The van der Waals surface area contributed by atoms with Gasteiger partial charge in [-0.05, 0) is 18.6 Å². The average Bonchev–Trinajstić information content (AvgIpc) is 3.34. The number of carbonyl (C=O) groups excluding carboxylic acids is 1. The predicted octanol–water partition coefficient (Wildman–Crippen LogP) is 2.50. The van der Waals surface area contributed by atoms with Gasteiger partial charge in [-0.2, -0.15) is 0 Å². The van der Waals surface area contributed by atoms with Gasteiger partial charge in [-0.1, -0.05) is 28.9 Å². The Morgan fingerprint density at radius 1 is 1.15 bits per heavy atom. The van der Waals surface area contributed by atoms with Gasteiger partial charge in [-0.25, -0.2) is 0 Å². The van der Waals surface area contributed by atoms with E-state index in [0.29, 0.717) is 0 Å². The van der Waals surface area contributed by atoms with E-state index >= 15 is 0 Å². The zero-order chi connectivity index (χ0) is 17.9. The van der Waals surface area contributed by atoms with Crippen LogP contribution in [0.1, 0.15) is 12.1 Å². The number of hydrogen-bond donors (Lipinski definition) is 0. The minimum absolute atomic E-state index is 0.0633. The highest BCUT2D eigenvalue weighted by Gasteiger charge is 2.33. The van der Waals surface area contributed by atoms with Crippen LogP contribution in [0.15, 0.2) is 41.1 Å². The van der Waals surface area contributed by atoms with E-state index in [0.717, 1.165) is 68.6 Å². The molecule has 2 aliphatic heterocycles. The standard InChI is InChI=1S/C19H23ClN4O2/c20-17-3-1-2-4-18(17)24-7-5-15(13-24)19(25)23-10-8-22(9-11-23)14-16-6-12-26-21-16/h1-4,6,12,15H,5,7-11,13-14H2. The van der Waals surface area contributed by atoms with Gasteiger partial charge in [0, 0.05) is 51.9 Å². The van der Waals surface area contributed by atoms with Crippen molar-refractivity contribution in [2.45, 2.75) is 13.0 Å². The molecule has 2 aliphatic rings. The second kappa shape index (κ2) is 7.68. The van der Waals surface area contributed by atoms with E-state index in [4.69, 9.17) is 16.1 Å². The molecule has 138 valence electrons. The Kier molecular flexibility index (Phi) is 5.13. The summed E-state index contributed by atoms with van der Waals surface area (Å²) in [5.41, 5.74) is 1.97. The van der Waals surface area contributed by atoms with Crippen molar-refractivity contribution in [3.63, 3.8) is 0 Å². The van der Waals surface area contributed by atoms with Gasteiger partial charge in [0.15, 0.2) is 0 Å². The fourth-order valence-electron chi connectivity index (χ4n) is 3.82. The molecule has 6 nitrogen and oxygen atoms in total. The average molecular weight is 375 g/mol. The lowest BCUT2D eigenvalue weighted by Gasteiger charge is -2.35. The summed E-state index contributed by atoms with van der Waals surface area (Å²) in [6.07, 6.45) is 2.49. The number of nitrogens with zero attached hydrogens (tertiary/aromatic N) is 4. The van der Waals surface area contributed by atoms with Crippen molar-refractivity contribution in [1.82, 2.24) is 15.0 Å². The maximum Gasteiger partial charge on any atom is 0.227 e. The normalized spacial score (nSPS) is 21.3. The first-order chi connectivity index (χ1) is 12.7. The molecule has 2 saturated heterocycles. The van der Waals surface area contributed by atoms with Crippen molar-refractivity contribution in [2.24, 2.45) is 5.92 Å². The minimum atomic E-state index is 0.0633. The van der Waals surface area contributed by atoms with Crippen molar-refractivity contribution < 1.29 is 9.32 Å². The monoisotopic (exact) mass is 374 g/mol. The molecule has 0 saturated carbocycles. The Labute approximate surface area is 158 Å². The molecule has 0 bridgehead atoms. The molecule has 2 aromatic rings. The molecule has 0 radical (unpaired) electrons. The lowest BCUT2D eigenvalue weighted by atomic mass is 10.1. The van der Waals surface area contributed by atoms with Crippen molar-refractivity contribution in [2.75, 3.05) is 44.2 Å². The quantitative estimate of drug-likeness (QED) is 0.823. The van der Waals surface area contributed by atoms with E-state index in [-0.39, 0.29) is 11.8 Å². The molecule has 0 aliphatic carbocycles. The van der Waals surface area contributed by atoms with E-state index in [1.165, 1.54) is 0 Å². The summed E-state index contributed by atoms with van der Waals surface area (Å²) >= 11 is 6.30. The van der Waals surface area contributed by atoms with E-state index < -0.39 is 0 Å². The van der Waals surface area contributed by atoms with Gasteiger partial charge in [-0.3, -0.25) is 9.69 Å². The van der Waals surface area contributed by atoms with Crippen LogP contribution in [-0.2, 0) is 11.3 Å². The van der Waals surface area contributed by atoms with Gasteiger partial charge in [0.2, 0.25) is 5.91 Å². The molecular weight excluding hydrogens is 352 g/mol.